The fraction of sp³-hybridized carbons (Fsp3) is 0.875. The van der Waals surface area contributed by atoms with Crippen molar-refractivity contribution in [1.82, 2.24) is 10.2 Å². The third-order valence-corrected chi connectivity index (χ3v) is 5.20. The first-order valence-corrected chi connectivity index (χ1v) is 8.07. The van der Waals surface area contributed by atoms with Gasteiger partial charge in [0.2, 0.25) is 5.91 Å². The van der Waals surface area contributed by atoms with E-state index < -0.39 is 17.3 Å². The van der Waals surface area contributed by atoms with Gasteiger partial charge in [0.25, 0.3) is 0 Å². The van der Waals surface area contributed by atoms with Crippen LogP contribution in [0.4, 0.5) is 0 Å². The Morgan fingerprint density at radius 2 is 1.86 bits per heavy atom. The third kappa shape index (κ3) is 3.76. The van der Waals surface area contributed by atoms with E-state index in [4.69, 9.17) is 5.11 Å². The minimum atomic E-state index is -0.859. The summed E-state index contributed by atoms with van der Waals surface area (Å²) < 4.78 is 0. The maximum absolute atomic E-state index is 12.0. The minimum Gasteiger partial charge on any atom is -0.481 e. The average Bonchev–Trinajstić information content (AvgIpc) is 3.00. The van der Waals surface area contributed by atoms with Gasteiger partial charge in [0.05, 0.1) is 11.8 Å². The molecule has 0 aromatic carbocycles. The molecule has 1 amide bonds. The summed E-state index contributed by atoms with van der Waals surface area (Å²) in [5.74, 6) is -1.01. The van der Waals surface area contributed by atoms with Gasteiger partial charge in [-0.15, -0.1) is 0 Å². The van der Waals surface area contributed by atoms with Crippen molar-refractivity contribution in [3.63, 3.8) is 0 Å². The number of aliphatic carboxylic acids is 1. The van der Waals surface area contributed by atoms with Crippen molar-refractivity contribution in [2.45, 2.75) is 40.0 Å². The molecular formula is C16H28N2O3. The Morgan fingerprint density at radius 1 is 1.24 bits per heavy atom. The molecule has 2 N–H and O–H groups in total. The summed E-state index contributed by atoms with van der Waals surface area (Å²) >= 11 is 0. The van der Waals surface area contributed by atoms with Crippen LogP contribution in [-0.4, -0.2) is 48.1 Å². The van der Waals surface area contributed by atoms with Gasteiger partial charge in [0.1, 0.15) is 0 Å². The van der Waals surface area contributed by atoms with E-state index in [-0.39, 0.29) is 11.8 Å². The Bertz CT molecular complexity index is 400. The number of hydrogen-bond acceptors (Lipinski definition) is 3. The maximum Gasteiger partial charge on any atom is 0.307 e. The Morgan fingerprint density at radius 3 is 2.38 bits per heavy atom. The molecule has 0 bridgehead atoms. The summed E-state index contributed by atoms with van der Waals surface area (Å²) in [4.78, 5) is 25.6. The number of nitrogens with zero attached hydrogens (tertiary/aromatic N) is 1. The van der Waals surface area contributed by atoms with E-state index in [1.54, 1.807) is 0 Å². The Labute approximate surface area is 127 Å². The van der Waals surface area contributed by atoms with Gasteiger partial charge in [-0.25, -0.2) is 0 Å². The summed E-state index contributed by atoms with van der Waals surface area (Å²) in [7, 11) is 0. The second-order valence-corrected chi connectivity index (χ2v) is 7.28. The molecule has 1 saturated carbocycles. The predicted molar refractivity (Wildman–Crippen MR) is 80.9 cm³/mol. The molecule has 2 fully saturated rings. The molecule has 0 aromatic heterocycles. The SMILES string of the molecule is CC1CCN(CCCNC(=O)[C@H]2[C@@H](C(=O)O)C2(C)C)CC1. The van der Waals surface area contributed by atoms with Crippen LogP contribution in [0.5, 0.6) is 0 Å². The fourth-order valence-electron chi connectivity index (χ4n) is 3.50. The Balaban J connectivity index is 1.63. The van der Waals surface area contributed by atoms with Crippen LogP contribution in [0, 0.1) is 23.2 Å². The second-order valence-electron chi connectivity index (χ2n) is 7.28. The number of likely N-dealkylation sites (tertiary alicyclic amines) is 1. The standard InChI is InChI=1S/C16H28N2O3/c1-11-5-9-18(10-6-11)8-4-7-17-14(19)12-13(15(20)21)16(12,2)3/h11-13H,4-10H2,1-3H3,(H,17,19)(H,20,21)/t12-,13+/m1/s1. The average molecular weight is 296 g/mol. The monoisotopic (exact) mass is 296 g/mol. The van der Waals surface area contributed by atoms with Crippen molar-refractivity contribution in [2.75, 3.05) is 26.2 Å². The van der Waals surface area contributed by atoms with Crippen LogP contribution in [0.15, 0.2) is 0 Å². The van der Waals surface area contributed by atoms with Gasteiger partial charge < -0.3 is 15.3 Å². The number of carboxylic acids is 1. The van der Waals surface area contributed by atoms with Crippen molar-refractivity contribution < 1.29 is 14.7 Å². The fourth-order valence-corrected chi connectivity index (χ4v) is 3.50. The smallest absolute Gasteiger partial charge is 0.307 e. The number of carboxylic acid groups (broad SMARTS) is 1. The molecule has 1 saturated heterocycles. The molecule has 2 rings (SSSR count). The largest absolute Gasteiger partial charge is 0.481 e. The Kier molecular flexibility index (Phi) is 4.91. The van der Waals surface area contributed by atoms with Gasteiger partial charge in [0.15, 0.2) is 0 Å². The molecular weight excluding hydrogens is 268 g/mol. The van der Waals surface area contributed by atoms with Crippen LogP contribution in [0.1, 0.15) is 40.0 Å². The summed E-state index contributed by atoms with van der Waals surface area (Å²) in [5, 5.41) is 12.0. The van der Waals surface area contributed by atoms with Crippen LogP contribution in [-0.2, 0) is 9.59 Å². The first kappa shape index (κ1) is 16.3. The zero-order valence-corrected chi connectivity index (χ0v) is 13.4. The summed E-state index contributed by atoms with van der Waals surface area (Å²) in [6, 6.07) is 0. The van der Waals surface area contributed by atoms with E-state index in [2.05, 4.69) is 17.1 Å². The quantitative estimate of drug-likeness (QED) is 0.730. The minimum absolute atomic E-state index is 0.0975. The summed E-state index contributed by atoms with van der Waals surface area (Å²) in [6.45, 7) is 9.98. The lowest BCUT2D eigenvalue weighted by atomic mass is 9.99. The number of carbonyl (C=O) groups is 2. The lowest BCUT2D eigenvalue weighted by Crippen LogP contribution is -2.36. The second kappa shape index (κ2) is 6.34. The molecule has 0 unspecified atom stereocenters. The van der Waals surface area contributed by atoms with E-state index >= 15 is 0 Å². The van der Waals surface area contributed by atoms with Gasteiger partial charge in [-0.2, -0.15) is 0 Å². The van der Waals surface area contributed by atoms with Crippen molar-refractivity contribution >= 4 is 11.9 Å². The zero-order chi connectivity index (χ0) is 15.6. The first-order valence-electron chi connectivity index (χ1n) is 8.07. The van der Waals surface area contributed by atoms with E-state index in [1.165, 1.54) is 12.8 Å². The van der Waals surface area contributed by atoms with Crippen molar-refractivity contribution in [2.24, 2.45) is 23.2 Å². The number of carbonyl (C=O) groups excluding carboxylic acids is 1. The predicted octanol–water partition coefficient (Wildman–Crippen LogP) is 1.58. The molecule has 21 heavy (non-hydrogen) atoms. The summed E-state index contributed by atoms with van der Waals surface area (Å²) in [5.41, 5.74) is -0.404. The van der Waals surface area contributed by atoms with Crippen molar-refractivity contribution in [1.29, 1.82) is 0 Å². The van der Waals surface area contributed by atoms with Gasteiger partial charge in [-0.3, -0.25) is 9.59 Å². The molecule has 0 radical (unpaired) electrons. The normalized spacial score (nSPS) is 29.1. The number of rotatable bonds is 6. The van der Waals surface area contributed by atoms with Crippen LogP contribution in [0.25, 0.3) is 0 Å². The maximum atomic E-state index is 12.0. The highest BCUT2D eigenvalue weighted by Crippen LogP contribution is 2.58. The number of amides is 1. The highest BCUT2D eigenvalue weighted by atomic mass is 16.4. The molecule has 1 aliphatic carbocycles. The van der Waals surface area contributed by atoms with Crippen molar-refractivity contribution in [3.05, 3.63) is 0 Å². The molecule has 5 heteroatoms. The molecule has 5 nitrogen and oxygen atoms in total. The lowest BCUT2D eigenvalue weighted by molar-refractivity contribution is -0.140. The highest BCUT2D eigenvalue weighted by Gasteiger charge is 2.65. The van der Waals surface area contributed by atoms with Gasteiger partial charge in [-0.1, -0.05) is 20.8 Å². The first-order chi connectivity index (χ1) is 9.84. The lowest BCUT2D eigenvalue weighted by Gasteiger charge is -2.30. The topological polar surface area (TPSA) is 69.6 Å². The molecule has 120 valence electrons. The Hall–Kier alpha value is -1.10. The highest BCUT2D eigenvalue weighted by molar-refractivity contribution is 5.91. The number of hydrogen-bond donors (Lipinski definition) is 2. The molecule has 0 aromatic rings. The van der Waals surface area contributed by atoms with Crippen LogP contribution in [0.3, 0.4) is 0 Å². The molecule has 1 heterocycles. The van der Waals surface area contributed by atoms with E-state index in [1.807, 2.05) is 13.8 Å². The molecule has 2 aliphatic rings. The van der Waals surface area contributed by atoms with Crippen molar-refractivity contribution in [3.8, 4) is 0 Å². The van der Waals surface area contributed by atoms with Crippen LogP contribution in [0.2, 0.25) is 0 Å². The molecule has 1 aliphatic heterocycles. The van der Waals surface area contributed by atoms with E-state index in [0.717, 1.165) is 32.0 Å². The van der Waals surface area contributed by atoms with Crippen LogP contribution < -0.4 is 5.32 Å². The number of nitrogens with one attached hydrogen (secondary N) is 1. The van der Waals surface area contributed by atoms with E-state index in [9.17, 15) is 9.59 Å². The number of piperidine rings is 1. The zero-order valence-electron chi connectivity index (χ0n) is 13.4. The van der Waals surface area contributed by atoms with Gasteiger partial charge >= 0.3 is 5.97 Å². The van der Waals surface area contributed by atoms with E-state index in [0.29, 0.717) is 6.54 Å². The molecule has 0 spiro atoms. The third-order valence-electron chi connectivity index (χ3n) is 5.20. The van der Waals surface area contributed by atoms with Gasteiger partial charge in [-0.05, 0) is 50.2 Å². The van der Waals surface area contributed by atoms with Crippen LogP contribution >= 0.6 is 0 Å². The summed E-state index contributed by atoms with van der Waals surface area (Å²) in [6.07, 6.45) is 3.47. The van der Waals surface area contributed by atoms with Gasteiger partial charge in [0, 0.05) is 6.54 Å². The molecule has 2 atom stereocenters.